The van der Waals surface area contributed by atoms with E-state index < -0.39 is 6.10 Å². The third kappa shape index (κ3) is 3.36. The molecule has 0 amide bonds. The number of aryl methyl sites for hydroxylation is 2. The van der Waals surface area contributed by atoms with E-state index in [1.165, 1.54) is 23.3 Å². The van der Waals surface area contributed by atoms with Gasteiger partial charge in [0.2, 0.25) is 0 Å². The molecule has 2 nitrogen and oxygen atoms in total. The van der Waals surface area contributed by atoms with Crippen LogP contribution in [-0.2, 0) is 6.61 Å². The van der Waals surface area contributed by atoms with Crippen molar-refractivity contribution >= 4 is 0 Å². The van der Waals surface area contributed by atoms with E-state index in [1.807, 2.05) is 19.1 Å². The fraction of sp³-hybridized carbons (Fsp3) is 0.294. The average molecular weight is 274 g/mol. The van der Waals surface area contributed by atoms with Crippen molar-refractivity contribution in [2.24, 2.45) is 0 Å². The lowest BCUT2D eigenvalue weighted by molar-refractivity contribution is 0.190. The molecule has 0 saturated heterocycles. The minimum atomic E-state index is -0.689. The minimum absolute atomic E-state index is 0.351. The summed E-state index contributed by atoms with van der Waals surface area (Å²) in [5.74, 6) is 0.0164. The van der Waals surface area contributed by atoms with Gasteiger partial charge in [0.25, 0.3) is 0 Å². The van der Waals surface area contributed by atoms with E-state index in [1.54, 1.807) is 13.0 Å². The third-order valence-corrected chi connectivity index (χ3v) is 3.39. The van der Waals surface area contributed by atoms with Crippen LogP contribution in [0.5, 0.6) is 5.75 Å². The first-order valence-corrected chi connectivity index (χ1v) is 6.64. The highest BCUT2D eigenvalue weighted by Gasteiger charge is 2.10. The molecule has 2 aromatic carbocycles. The predicted molar refractivity (Wildman–Crippen MR) is 77.3 cm³/mol. The van der Waals surface area contributed by atoms with Gasteiger partial charge in [-0.3, -0.25) is 0 Å². The Hall–Kier alpha value is -1.87. The lowest BCUT2D eigenvalue weighted by atomic mass is 10.1. The van der Waals surface area contributed by atoms with Crippen molar-refractivity contribution in [3.63, 3.8) is 0 Å². The van der Waals surface area contributed by atoms with Crippen LogP contribution in [0.1, 0.15) is 35.3 Å². The van der Waals surface area contributed by atoms with Gasteiger partial charge in [0.15, 0.2) is 0 Å². The summed E-state index contributed by atoms with van der Waals surface area (Å²) < 4.78 is 19.0. The maximum atomic E-state index is 13.3. The van der Waals surface area contributed by atoms with Gasteiger partial charge in [-0.2, -0.15) is 0 Å². The first kappa shape index (κ1) is 14.5. The van der Waals surface area contributed by atoms with Gasteiger partial charge in [-0.05, 0) is 49.6 Å². The van der Waals surface area contributed by atoms with Crippen LogP contribution in [0, 0.1) is 19.7 Å². The van der Waals surface area contributed by atoms with Crippen LogP contribution in [0.4, 0.5) is 4.39 Å². The normalized spacial score (nSPS) is 12.2. The average Bonchev–Trinajstić information content (AvgIpc) is 2.40. The summed E-state index contributed by atoms with van der Waals surface area (Å²) in [6.45, 7) is 6.08. The molecule has 0 fully saturated rings. The molecule has 20 heavy (non-hydrogen) atoms. The van der Waals surface area contributed by atoms with Gasteiger partial charge in [-0.15, -0.1) is 0 Å². The number of hydrogen-bond donors (Lipinski definition) is 1. The summed E-state index contributed by atoms with van der Waals surface area (Å²) in [5.41, 5.74) is 4.04. The lowest BCUT2D eigenvalue weighted by Crippen LogP contribution is -2.02. The third-order valence-electron chi connectivity index (χ3n) is 3.39. The second-order valence-electron chi connectivity index (χ2n) is 5.07. The van der Waals surface area contributed by atoms with E-state index >= 15 is 0 Å². The lowest BCUT2D eigenvalue weighted by Gasteiger charge is -2.14. The Morgan fingerprint density at radius 3 is 2.50 bits per heavy atom. The fourth-order valence-electron chi connectivity index (χ4n) is 2.03. The molecule has 2 rings (SSSR count). The SMILES string of the molecule is Cc1ccc(COc2cc(F)ccc2C(C)O)cc1C. The van der Waals surface area contributed by atoms with Crippen molar-refractivity contribution in [2.45, 2.75) is 33.5 Å². The predicted octanol–water partition coefficient (Wildman–Crippen LogP) is 4.07. The quantitative estimate of drug-likeness (QED) is 0.910. The van der Waals surface area contributed by atoms with Gasteiger partial charge >= 0.3 is 0 Å². The molecule has 0 aliphatic heterocycles. The second-order valence-corrected chi connectivity index (χ2v) is 5.07. The summed E-state index contributed by atoms with van der Waals surface area (Å²) >= 11 is 0. The van der Waals surface area contributed by atoms with E-state index in [9.17, 15) is 9.50 Å². The molecule has 0 spiro atoms. The number of aliphatic hydroxyl groups is 1. The first-order valence-electron chi connectivity index (χ1n) is 6.64. The number of ether oxygens (including phenoxy) is 1. The molecule has 0 saturated carbocycles. The molecule has 0 aliphatic carbocycles. The minimum Gasteiger partial charge on any atom is -0.488 e. The zero-order valence-electron chi connectivity index (χ0n) is 12.0. The van der Waals surface area contributed by atoms with Gasteiger partial charge in [-0.25, -0.2) is 4.39 Å². The Morgan fingerprint density at radius 2 is 1.85 bits per heavy atom. The smallest absolute Gasteiger partial charge is 0.128 e. The van der Waals surface area contributed by atoms with Crippen LogP contribution in [0.2, 0.25) is 0 Å². The van der Waals surface area contributed by atoms with E-state index in [4.69, 9.17) is 4.74 Å². The topological polar surface area (TPSA) is 29.5 Å². The number of aliphatic hydroxyl groups excluding tert-OH is 1. The summed E-state index contributed by atoms with van der Waals surface area (Å²) in [7, 11) is 0. The molecule has 1 N–H and O–H groups in total. The van der Waals surface area contributed by atoms with E-state index in [0.717, 1.165) is 5.56 Å². The van der Waals surface area contributed by atoms with Gasteiger partial charge in [0, 0.05) is 11.6 Å². The molecule has 3 heteroatoms. The molecule has 2 aromatic rings. The van der Waals surface area contributed by atoms with Gasteiger partial charge in [-0.1, -0.05) is 18.2 Å². The van der Waals surface area contributed by atoms with Crippen LogP contribution >= 0.6 is 0 Å². The molecule has 0 heterocycles. The molecule has 1 unspecified atom stereocenters. The van der Waals surface area contributed by atoms with Crippen molar-refractivity contribution < 1.29 is 14.2 Å². The van der Waals surface area contributed by atoms with Crippen molar-refractivity contribution in [3.05, 3.63) is 64.5 Å². The number of benzene rings is 2. The fourth-order valence-corrected chi connectivity index (χ4v) is 2.03. The zero-order chi connectivity index (χ0) is 14.7. The van der Waals surface area contributed by atoms with Crippen LogP contribution in [0.3, 0.4) is 0 Å². The number of hydrogen-bond acceptors (Lipinski definition) is 2. The number of rotatable bonds is 4. The highest BCUT2D eigenvalue weighted by atomic mass is 19.1. The Kier molecular flexibility index (Phi) is 4.40. The maximum Gasteiger partial charge on any atom is 0.128 e. The van der Waals surface area contributed by atoms with Crippen LogP contribution in [-0.4, -0.2) is 5.11 Å². The summed E-state index contributed by atoms with van der Waals surface area (Å²) in [5, 5.41) is 9.67. The monoisotopic (exact) mass is 274 g/mol. The Bertz CT molecular complexity index is 606. The van der Waals surface area contributed by atoms with Crippen molar-refractivity contribution in [2.75, 3.05) is 0 Å². The molecule has 0 aliphatic rings. The highest BCUT2D eigenvalue weighted by molar-refractivity contribution is 5.36. The molecule has 0 bridgehead atoms. The molecular weight excluding hydrogens is 255 g/mol. The molecule has 1 atom stereocenters. The first-order chi connectivity index (χ1) is 9.47. The maximum absolute atomic E-state index is 13.3. The van der Waals surface area contributed by atoms with E-state index in [0.29, 0.717) is 17.9 Å². The summed E-state index contributed by atoms with van der Waals surface area (Å²) in [6.07, 6.45) is -0.689. The van der Waals surface area contributed by atoms with Crippen LogP contribution < -0.4 is 4.74 Å². The van der Waals surface area contributed by atoms with Gasteiger partial charge in [0.1, 0.15) is 18.2 Å². The van der Waals surface area contributed by atoms with Crippen molar-refractivity contribution in [1.29, 1.82) is 0 Å². The van der Waals surface area contributed by atoms with Gasteiger partial charge < -0.3 is 9.84 Å². The van der Waals surface area contributed by atoms with Crippen LogP contribution in [0.25, 0.3) is 0 Å². The molecule has 106 valence electrons. The Labute approximate surface area is 118 Å². The second kappa shape index (κ2) is 6.06. The summed E-state index contributed by atoms with van der Waals surface area (Å²) in [4.78, 5) is 0. The van der Waals surface area contributed by atoms with Gasteiger partial charge in [0.05, 0.1) is 6.10 Å². The standard InChI is InChI=1S/C17H19FO2/c1-11-4-5-14(8-12(11)2)10-20-17-9-15(18)6-7-16(17)13(3)19/h4-9,13,19H,10H2,1-3H3. The zero-order valence-corrected chi connectivity index (χ0v) is 12.0. The molecular formula is C17H19FO2. The van der Waals surface area contributed by atoms with Crippen molar-refractivity contribution in [1.82, 2.24) is 0 Å². The highest BCUT2D eigenvalue weighted by Crippen LogP contribution is 2.27. The van der Waals surface area contributed by atoms with E-state index in [2.05, 4.69) is 13.0 Å². The van der Waals surface area contributed by atoms with Crippen molar-refractivity contribution in [3.8, 4) is 5.75 Å². The Morgan fingerprint density at radius 1 is 1.10 bits per heavy atom. The number of halogens is 1. The largest absolute Gasteiger partial charge is 0.488 e. The molecule has 0 radical (unpaired) electrons. The Balaban J connectivity index is 2.17. The summed E-state index contributed by atoms with van der Waals surface area (Å²) in [6, 6.07) is 10.3. The van der Waals surface area contributed by atoms with E-state index in [-0.39, 0.29) is 5.82 Å². The molecule has 0 aromatic heterocycles. The van der Waals surface area contributed by atoms with Crippen LogP contribution in [0.15, 0.2) is 36.4 Å².